The summed E-state index contributed by atoms with van der Waals surface area (Å²) in [5.74, 6) is -0.239. The van der Waals surface area contributed by atoms with Gasteiger partial charge in [0, 0.05) is 59.8 Å². The fourth-order valence-electron chi connectivity index (χ4n) is 5.39. The molecule has 1 unspecified atom stereocenters. The molecule has 0 radical (unpaired) electrons. The first kappa shape index (κ1) is 36.7. The molecule has 48 heavy (non-hydrogen) atoms. The molecule has 1 aliphatic carbocycles. The summed E-state index contributed by atoms with van der Waals surface area (Å²) in [6, 6.07) is 13.7. The lowest BCUT2D eigenvalue weighted by Crippen LogP contribution is -2.25. The average molecular weight is 681 g/mol. The van der Waals surface area contributed by atoms with E-state index in [0.717, 1.165) is 42.2 Å². The molecule has 256 valence electrons. The average Bonchev–Trinajstić information content (AvgIpc) is 3.07. The Bertz CT molecular complexity index is 1650. The summed E-state index contributed by atoms with van der Waals surface area (Å²) >= 11 is 1.76. The number of carbonyl (C=O) groups excluding carboxylic acids is 2. The number of rotatable bonds is 14. The zero-order chi connectivity index (χ0) is 34.9. The van der Waals surface area contributed by atoms with E-state index in [1.165, 1.54) is 24.4 Å². The Balaban J connectivity index is 1.54. The van der Waals surface area contributed by atoms with E-state index in [4.69, 9.17) is 0 Å². The van der Waals surface area contributed by atoms with E-state index in [9.17, 15) is 27.9 Å². The Labute approximate surface area is 284 Å². The van der Waals surface area contributed by atoms with Gasteiger partial charge in [0.1, 0.15) is 0 Å². The maximum atomic E-state index is 13.6. The molecule has 0 bridgehead atoms. The molecule has 0 fully saturated rings. The minimum absolute atomic E-state index is 0.0767. The second-order valence-corrected chi connectivity index (χ2v) is 13.9. The van der Waals surface area contributed by atoms with Crippen molar-refractivity contribution in [3.63, 3.8) is 0 Å². The van der Waals surface area contributed by atoms with E-state index in [2.05, 4.69) is 48.2 Å². The van der Waals surface area contributed by atoms with Crippen molar-refractivity contribution in [1.29, 1.82) is 0 Å². The van der Waals surface area contributed by atoms with Gasteiger partial charge < -0.3 is 20.6 Å². The van der Waals surface area contributed by atoms with E-state index in [1.807, 2.05) is 36.4 Å². The van der Waals surface area contributed by atoms with Crippen LogP contribution in [-0.2, 0) is 17.5 Å². The van der Waals surface area contributed by atoms with E-state index in [1.54, 1.807) is 17.8 Å². The van der Waals surface area contributed by atoms with Gasteiger partial charge in [-0.25, -0.2) is 0 Å². The molecule has 2 aromatic carbocycles. The highest BCUT2D eigenvalue weighted by atomic mass is 32.2. The molecule has 1 heterocycles. The number of aliphatic hydroxyl groups is 1. The molecule has 1 atom stereocenters. The van der Waals surface area contributed by atoms with E-state index in [0.29, 0.717) is 35.3 Å². The van der Waals surface area contributed by atoms with Crippen molar-refractivity contribution in [2.24, 2.45) is 5.92 Å². The summed E-state index contributed by atoms with van der Waals surface area (Å²) in [6.45, 7) is 9.88. The summed E-state index contributed by atoms with van der Waals surface area (Å²) < 4.78 is 39.4. The minimum Gasteiger partial charge on any atom is -0.396 e. The van der Waals surface area contributed by atoms with Crippen LogP contribution in [0.4, 0.5) is 24.5 Å². The number of pyridine rings is 1. The number of nitrogens with one attached hydrogen (secondary N) is 2. The van der Waals surface area contributed by atoms with Crippen molar-refractivity contribution in [2.75, 3.05) is 35.7 Å². The standard InChI is InChI=1S/C37H43F3N4O3S/c1-5-44(6-2)30-13-14-32(43-35(47)27-11-7-10-26(19-27)24-48-36(3,4)16-18-45)31(22-30)33-21-28(15-17-41-33)34(46)42-23-25-9-8-12-29(20-25)37(38,39)40/h7-15,17,20-22,27,45H,5-6,16,18-19,23-24H2,1-4H3,(H,42,46)(H,43,47). The van der Waals surface area contributed by atoms with Gasteiger partial charge in [0.25, 0.3) is 5.91 Å². The summed E-state index contributed by atoms with van der Waals surface area (Å²) in [5, 5.41) is 15.2. The van der Waals surface area contributed by atoms with Gasteiger partial charge in [-0.05, 0) is 74.7 Å². The Hall–Kier alpha value is -4.09. The molecule has 0 aliphatic heterocycles. The number of benzene rings is 2. The van der Waals surface area contributed by atoms with Crippen LogP contribution >= 0.6 is 11.8 Å². The van der Waals surface area contributed by atoms with Crippen molar-refractivity contribution in [3.05, 3.63) is 101 Å². The molecule has 11 heteroatoms. The van der Waals surface area contributed by atoms with E-state index in [-0.39, 0.29) is 35.3 Å². The molecule has 0 saturated heterocycles. The molecule has 1 aromatic heterocycles. The molecule has 3 N–H and O–H groups in total. The fourth-order valence-corrected chi connectivity index (χ4v) is 6.41. The molecule has 0 saturated carbocycles. The highest BCUT2D eigenvalue weighted by Crippen LogP contribution is 2.35. The van der Waals surface area contributed by atoms with E-state index < -0.39 is 17.6 Å². The molecule has 4 rings (SSSR count). The van der Waals surface area contributed by atoms with Crippen LogP contribution in [-0.4, -0.2) is 52.1 Å². The van der Waals surface area contributed by atoms with Crippen LogP contribution in [0.5, 0.6) is 0 Å². The number of halogens is 3. The second kappa shape index (κ2) is 16.3. The number of nitrogens with zero attached hydrogens (tertiary/aromatic N) is 2. The zero-order valence-electron chi connectivity index (χ0n) is 27.7. The minimum atomic E-state index is -4.48. The lowest BCUT2D eigenvalue weighted by Gasteiger charge is -2.26. The third kappa shape index (κ3) is 9.96. The molecule has 7 nitrogen and oxygen atoms in total. The Morgan fingerprint density at radius 3 is 2.54 bits per heavy atom. The van der Waals surface area contributed by atoms with Crippen molar-refractivity contribution < 1.29 is 27.9 Å². The third-order valence-corrected chi connectivity index (χ3v) is 9.75. The first-order valence-electron chi connectivity index (χ1n) is 16.0. The molecular formula is C37H43F3N4O3S. The van der Waals surface area contributed by atoms with Crippen molar-refractivity contribution >= 4 is 35.0 Å². The lowest BCUT2D eigenvalue weighted by molar-refractivity contribution is -0.137. The first-order chi connectivity index (χ1) is 22.8. The van der Waals surface area contributed by atoms with Crippen LogP contribution in [0.15, 0.2) is 84.6 Å². The van der Waals surface area contributed by atoms with Crippen LogP contribution in [0.25, 0.3) is 11.3 Å². The maximum absolute atomic E-state index is 13.6. The summed E-state index contributed by atoms with van der Waals surface area (Å²) in [7, 11) is 0. The van der Waals surface area contributed by atoms with Gasteiger partial charge in [0.15, 0.2) is 0 Å². The van der Waals surface area contributed by atoms with Gasteiger partial charge in [0.05, 0.1) is 22.9 Å². The topological polar surface area (TPSA) is 94.6 Å². The highest BCUT2D eigenvalue weighted by molar-refractivity contribution is 8.00. The molecule has 2 amide bonds. The number of hydrogen-bond acceptors (Lipinski definition) is 6. The molecule has 1 aliphatic rings. The number of amides is 2. The second-order valence-electron chi connectivity index (χ2n) is 12.2. The molecular weight excluding hydrogens is 637 g/mol. The smallest absolute Gasteiger partial charge is 0.396 e. The predicted octanol–water partition coefficient (Wildman–Crippen LogP) is 7.88. The molecule has 0 spiro atoms. The normalized spacial score (nSPS) is 14.8. The molecule has 3 aromatic rings. The van der Waals surface area contributed by atoms with Crippen LogP contribution in [0.2, 0.25) is 0 Å². The van der Waals surface area contributed by atoms with Crippen LogP contribution in [0.3, 0.4) is 0 Å². The fraction of sp³-hybridized carbons (Fsp3) is 0.378. The number of alkyl halides is 3. The maximum Gasteiger partial charge on any atom is 0.416 e. The van der Waals surface area contributed by atoms with Gasteiger partial charge in [-0.2, -0.15) is 24.9 Å². The van der Waals surface area contributed by atoms with Crippen LogP contribution < -0.4 is 15.5 Å². The van der Waals surface area contributed by atoms with Crippen molar-refractivity contribution in [3.8, 4) is 11.3 Å². The monoisotopic (exact) mass is 680 g/mol. The van der Waals surface area contributed by atoms with Crippen LogP contribution in [0.1, 0.15) is 62.0 Å². The van der Waals surface area contributed by atoms with Gasteiger partial charge in [-0.3, -0.25) is 14.6 Å². The number of allylic oxidation sites excluding steroid dienone is 2. The number of aromatic nitrogens is 1. The van der Waals surface area contributed by atoms with Gasteiger partial charge in [-0.1, -0.05) is 49.8 Å². The number of thioether (sulfide) groups is 1. The highest BCUT2D eigenvalue weighted by Gasteiger charge is 2.30. The Morgan fingerprint density at radius 1 is 1.06 bits per heavy atom. The number of hydrogen-bond donors (Lipinski definition) is 3. The third-order valence-electron chi connectivity index (χ3n) is 8.25. The van der Waals surface area contributed by atoms with Crippen molar-refractivity contribution in [2.45, 2.75) is 58.0 Å². The Morgan fingerprint density at radius 2 is 1.83 bits per heavy atom. The number of carbonyl (C=O) groups is 2. The van der Waals surface area contributed by atoms with Crippen LogP contribution in [0, 0.1) is 5.92 Å². The lowest BCUT2D eigenvalue weighted by atomic mass is 9.94. The quantitative estimate of drug-likeness (QED) is 0.160. The predicted molar refractivity (Wildman–Crippen MR) is 188 cm³/mol. The van der Waals surface area contributed by atoms with Gasteiger partial charge >= 0.3 is 6.18 Å². The Kier molecular flexibility index (Phi) is 12.5. The summed E-state index contributed by atoms with van der Waals surface area (Å²) in [4.78, 5) is 33.5. The van der Waals surface area contributed by atoms with Crippen molar-refractivity contribution in [1.82, 2.24) is 10.3 Å². The largest absolute Gasteiger partial charge is 0.416 e. The summed E-state index contributed by atoms with van der Waals surface area (Å²) in [6.07, 6.45) is 4.14. The zero-order valence-corrected chi connectivity index (χ0v) is 28.5. The summed E-state index contributed by atoms with van der Waals surface area (Å²) in [5.41, 5.74) is 3.56. The first-order valence-corrected chi connectivity index (χ1v) is 17.0. The SMILES string of the molecule is CCN(CC)c1ccc(NC(=O)C2C=CC=C(CSC(C)(C)CCO)C2)c(-c2cc(C(=O)NCc3cccc(C(F)(F)F)c3)ccn2)c1. The number of anilines is 2. The van der Waals surface area contributed by atoms with E-state index >= 15 is 0 Å². The number of aliphatic hydroxyl groups excluding tert-OH is 1. The van der Waals surface area contributed by atoms with Gasteiger partial charge in [0.2, 0.25) is 5.91 Å². The van der Waals surface area contributed by atoms with Gasteiger partial charge in [-0.15, -0.1) is 0 Å².